The molecule has 1 amide bonds. The van der Waals surface area contributed by atoms with Gasteiger partial charge in [0.25, 0.3) is 5.91 Å². The molecule has 1 aliphatic rings. The van der Waals surface area contributed by atoms with Crippen LogP contribution in [0.5, 0.6) is 0 Å². The van der Waals surface area contributed by atoms with Crippen molar-refractivity contribution < 1.29 is 4.79 Å². The van der Waals surface area contributed by atoms with Crippen LogP contribution < -0.4 is 10.6 Å². The summed E-state index contributed by atoms with van der Waals surface area (Å²) in [5, 5.41) is 13.7. The van der Waals surface area contributed by atoms with Crippen LogP contribution in [0.2, 0.25) is 0 Å². The Morgan fingerprint density at radius 1 is 1.75 bits per heavy atom. The number of aromatic nitrogens is 3. The summed E-state index contributed by atoms with van der Waals surface area (Å²) in [6.07, 6.45) is 4.12. The topological polar surface area (TPSA) is 71.8 Å². The summed E-state index contributed by atoms with van der Waals surface area (Å²) in [6, 6.07) is 0. The highest BCUT2D eigenvalue weighted by atomic mass is 16.1. The van der Waals surface area contributed by atoms with Gasteiger partial charge in [-0.2, -0.15) is 0 Å². The maximum Gasteiger partial charge on any atom is 0.273 e. The third-order valence-corrected chi connectivity index (χ3v) is 2.84. The molecule has 1 saturated heterocycles. The summed E-state index contributed by atoms with van der Waals surface area (Å²) in [6.45, 7) is 2.96. The van der Waals surface area contributed by atoms with Gasteiger partial charge >= 0.3 is 0 Å². The monoisotopic (exact) mass is 223 g/mol. The average molecular weight is 223 g/mol. The Morgan fingerprint density at radius 3 is 3.31 bits per heavy atom. The van der Waals surface area contributed by atoms with Crippen molar-refractivity contribution >= 4 is 5.91 Å². The minimum atomic E-state index is -0.187. The molecule has 0 saturated carbocycles. The van der Waals surface area contributed by atoms with Gasteiger partial charge < -0.3 is 10.6 Å². The maximum absolute atomic E-state index is 11.3. The van der Waals surface area contributed by atoms with Gasteiger partial charge in [-0.25, -0.2) is 0 Å². The van der Waals surface area contributed by atoms with Gasteiger partial charge in [-0.1, -0.05) is 5.21 Å². The highest BCUT2D eigenvalue weighted by Gasteiger charge is 2.15. The van der Waals surface area contributed by atoms with Crippen molar-refractivity contribution in [2.75, 3.05) is 20.1 Å². The Bertz CT molecular complexity index is 356. The van der Waals surface area contributed by atoms with Crippen LogP contribution in [0.3, 0.4) is 0 Å². The van der Waals surface area contributed by atoms with Crippen LogP contribution in [0, 0.1) is 5.92 Å². The molecule has 88 valence electrons. The summed E-state index contributed by atoms with van der Waals surface area (Å²) in [5.41, 5.74) is 0.381. The van der Waals surface area contributed by atoms with Gasteiger partial charge in [0.2, 0.25) is 0 Å². The van der Waals surface area contributed by atoms with Crippen LogP contribution in [0.1, 0.15) is 23.3 Å². The van der Waals surface area contributed by atoms with Crippen LogP contribution in [-0.4, -0.2) is 41.0 Å². The lowest BCUT2D eigenvalue weighted by Crippen LogP contribution is -2.32. The van der Waals surface area contributed by atoms with Crippen LogP contribution in [0.15, 0.2) is 6.20 Å². The molecule has 0 bridgehead atoms. The zero-order valence-electron chi connectivity index (χ0n) is 9.44. The van der Waals surface area contributed by atoms with Crippen molar-refractivity contribution in [1.82, 2.24) is 25.6 Å². The van der Waals surface area contributed by atoms with E-state index in [2.05, 4.69) is 20.9 Å². The van der Waals surface area contributed by atoms with Crippen molar-refractivity contribution in [3.63, 3.8) is 0 Å². The number of nitrogens with zero attached hydrogens (tertiary/aromatic N) is 3. The minimum absolute atomic E-state index is 0.187. The second-order valence-corrected chi connectivity index (χ2v) is 4.12. The number of carbonyl (C=O) groups excluding carboxylic acids is 1. The lowest BCUT2D eigenvalue weighted by Gasteiger charge is -2.22. The van der Waals surface area contributed by atoms with E-state index in [0.29, 0.717) is 11.6 Å². The number of piperidine rings is 1. The molecule has 2 rings (SSSR count). The molecule has 0 spiro atoms. The van der Waals surface area contributed by atoms with E-state index in [1.807, 2.05) is 0 Å². The zero-order valence-corrected chi connectivity index (χ0v) is 9.44. The van der Waals surface area contributed by atoms with Gasteiger partial charge in [0.1, 0.15) is 0 Å². The third kappa shape index (κ3) is 2.57. The fourth-order valence-corrected chi connectivity index (χ4v) is 1.96. The van der Waals surface area contributed by atoms with E-state index < -0.39 is 0 Å². The van der Waals surface area contributed by atoms with E-state index in [1.165, 1.54) is 12.8 Å². The molecule has 1 atom stereocenters. The lowest BCUT2D eigenvalue weighted by molar-refractivity contribution is 0.0958. The van der Waals surface area contributed by atoms with Crippen molar-refractivity contribution in [2.45, 2.75) is 19.4 Å². The van der Waals surface area contributed by atoms with E-state index in [0.717, 1.165) is 19.6 Å². The molecule has 0 aromatic carbocycles. The fraction of sp³-hybridized carbons (Fsp3) is 0.700. The average Bonchev–Trinajstić information content (AvgIpc) is 2.78. The molecule has 0 radical (unpaired) electrons. The van der Waals surface area contributed by atoms with E-state index in [1.54, 1.807) is 17.9 Å². The summed E-state index contributed by atoms with van der Waals surface area (Å²) in [4.78, 5) is 11.3. The van der Waals surface area contributed by atoms with E-state index in [4.69, 9.17) is 0 Å². The first-order chi connectivity index (χ1) is 7.79. The molecule has 6 nitrogen and oxygen atoms in total. The lowest BCUT2D eigenvalue weighted by atomic mass is 10.00. The first-order valence-electron chi connectivity index (χ1n) is 5.62. The quantitative estimate of drug-likeness (QED) is 0.734. The number of hydrogen-bond donors (Lipinski definition) is 2. The van der Waals surface area contributed by atoms with Crippen molar-refractivity contribution in [2.24, 2.45) is 5.92 Å². The normalized spacial score (nSPS) is 20.7. The maximum atomic E-state index is 11.3. The summed E-state index contributed by atoms with van der Waals surface area (Å²) >= 11 is 0. The molecule has 2 heterocycles. The second kappa shape index (κ2) is 5.07. The Balaban J connectivity index is 1.94. The molecule has 1 aromatic heterocycles. The van der Waals surface area contributed by atoms with Gasteiger partial charge in [-0.3, -0.25) is 9.48 Å². The SMILES string of the molecule is CNC(=O)c1cn(C[C@@H]2CCCNC2)nn1. The van der Waals surface area contributed by atoms with Crippen molar-refractivity contribution in [1.29, 1.82) is 0 Å². The number of amides is 1. The Kier molecular flexibility index (Phi) is 3.51. The number of rotatable bonds is 3. The van der Waals surface area contributed by atoms with Gasteiger partial charge in [0, 0.05) is 13.6 Å². The predicted octanol–water partition coefficient (Wildman–Crippen LogP) is -0.363. The molecule has 0 unspecified atom stereocenters. The molecule has 6 heteroatoms. The van der Waals surface area contributed by atoms with E-state index in [-0.39, 0.29) is 5.91 Å². The first kappa shape index (κ1) is 11.1. The predicted molar refractivity (Wildman–Crippen MR) is 59.0 cm³/mol. The fourth-order valence-electron chi connectivity index (χ4n) is 1.96. The van der Waals surface area contributed by atoms with Crippen LogP contribution in [-0.2, 0) is 6.54 Å². The molecule has 16 heavy (non-hydrogen) atoms. The Labute approximate surface area is 94.4 Å². The van der Waals surface area contributed by atoms with Crippen molar-refractivity contribution in [3.8, 4) is 0 Å². The molecule has 2 N–H and O–H groups in total. The standard InChI is InChI=1S/C10H17N5O/c1-11-10(16)9-7-15(14-13-9)6-8-3-2-4-12-5-8/h7-8,12H,2-6H2,1H3,(H,11,16)/t8-/m1/s1. The first-order valence-corrected chi connectivity index (χ1v) is 5.62. The Hall–Kier alpha value is -1.43. The van der Waals surface area contributed by atoms with E-state index >= 15 is 0 Å². The summed E-state index contributed by atoms with van der Waals surface area (Å²) in [7, 11) is 1.59. The largest absolute Gasteiger partial charge is 0.354 e. The highest BCUT2D eigenvalue weighted by molar-refractivity contribution is 5.91. The summed E-state index contributed by atoms with van der Waals surface area (Å²) in [5.74, 6) is 0.404. The highest BCUT2D eigenvalue weighted by Crippen LogP contribution is 2.11. The van der Waals surface area contributed by atoms with Gasteiger partial charge in [-0.05, 0) is 31.8 Å². The molecule has 1 fully saturated rings. The molecular formula is C10H17N5O. The van der Waals surface area contributed by atoms with Crippen LogP contribution in [0.25, 0.3) is 0 Å². The van der Waals surface area contributed by atoms with E-state index in [9.17, 15) is 4.79 Å². The molecular weight excluding hydrogens is 206 g/mol. The van der Waals surface area contributed by atoms with Crippen LogP contribution >= 0.6 is 0 Å². The molecule has 1 aromatic rings. The summed E-state index contributed by atoms with van der Waals surface area (Å²) < 4.78 is 1.75. The molecule has 0 aliphatic carbocycles. The smallest absolute Gasteiger partial charge is 0.273 e. The van der Waals surface area contributed by atoms with Gasteiger partial charge in [0.15, 0.2) is 5.69 Å². The van der Waals surface area contributed by atoms with Gasteiger partial charge in [-0.15, -0.1) is 5.10 Å². The van der Waals surface area contributed by atoms with Gasteiger partial charge in [0.05, 0.1) is 6.20 Å². The number of carbonyl (C=O) groups is 1. The third-order valence-electron chi connectivity index (χ3n) is 2.84. The second-order valence-electron chi connectivity index (χ2n) is 4.12. The Morgan fingerprint density at radius 2 is 2.62 bits per heavy atom. The minimum Gasteiger partial charge on any atom is -0.354 e. The number of nitrogens with one attached hydrogen (secondary N) is 2. The zero-order chi connectivity index (χ0) is 11.4. The van der Waals surface area contributed by atoms with Crippen molar-refractivity contribution in [3.05, 3.63) is 11.9 Å². The molecule has 1 aliphatic heterocycles. The van der Waals surface area contributed by atoms with Crippen LogP contribution in [0.4, 0.5) is 0 Å². The number of hydrogen-bond acceptors (Lipinski definition) is 4.